The van der Waals surface area contributed by atoms with Crippen LogP contribution in [-0.4, -0.2) is 28.8 Å². The van der Waals surface area contributed by atoms with Crippen molar-refractivity contribution < 1.29 is 14.6 Å². The third-order valence-corrected chi connectivity index (χ3v) is 3.13. The van der Waals surface area contributed by atoms with Crippen LogP contribution in [0.1, 0.15) is 35.5 Å². The summed E-state index contributed by atoms with van der Waals surface area (Å²) in [6, 6.07) is 8.35. The number of hydrogen-bond donors (Lipinski definition) is 2. The number of aromatic hydroxyl groups is 1. The molecule has 1 amide bonds. The van der Waals surface area contributed by atoms with Crippen LogP contribution in [0.15, 0.2) is 41.6 Å². The molecule has 6 nitrogen and oxygen atoms in total. The van der Waals surface area contributed by atoms with Crippen molar-refractivity contribution in [3.8, 4) is 11.5 Å². The normalized spacial score (nSPS) is 10.7. The summed E-state index contributed by atoms with van der Waals surface area (Å²) in [5, 5.41) is 13.5. The Balaban J connectivity index is 2.00. The molecule has 1 heterocycles. The second-order valence-electron chi connectivity index (χ2n) is 4.76. The lowest BCUT2D eigenvalue weighted by Crippen LogP contribution is -2.18. The largest absolute Gasteiger partial charge is 0.504 e. The quantitative estimate of drug-likeness (QED) is 0.634. The highest BCUT2D eigenvalue weighted by atomic mass is 16.5. The van der Waals surface area contributed by atoms with Crippen molar-refractivity contribution in [1.29, 1.82) is 0 Å². The van der Waals surface area contributed by atoms with Crippen LogP contribution in [0.4, 0.5) is 0 Å². The number of phenolic OH excluding ortho intramolecular Hbond substituents is 1. The number of nitrogens with one attached hydrogen (secondary N) is 1. The van der Waals surface area contributed by atoms with Gasteiger partial charge >= 0.3 is 0 Å². The molecule has 2 rings (SSSR count). The van der Waals surface area contributed by atoms with Crippen LogP contribution in [0.5, 0.6) is 11.5 Å². The molecule has 0 aliphatic carbocycles. The summed E-state index contributed by atoms with van der Waals surface area (Å²) in [4.78, 5) is 16.0. The summed E-state index contributed by atoms with van der Waals surface area (Å²) in [7, 11) is 0. The molecule has 1 aromatic heterocycles. The van der Waals surface area contributed by atoms with E-state index in [9.17, 15) is 9.90 Å². The topological polar surface area (TPSA) is 83.8 Å². The maximum Gasteiger partial charge on any atom is 0.289 e. The van der Waals surface area contributed by atoms with Crippen LogP contribution >= 0.6 is 0 Å². The smallest absolute Gasteiger partial charge is 0.289 e. The number of phenols is 1. The minimum atomic E-state index is -0.382. The molecule has 0 radical (unpaired) electrons. The Labute approximate surface area is 134 Å². The van der Waals surface area contributed by atoms with E-state index in [1.54, 1.807) is 24.4 Å². The number of rotatable bonds is 6. The highest BCUT2D eigenvalue weighted by Gasteiger charge is 2.06. The second-order valence-corrected chi connectivity index (χ2v) is 4.76. The van der Waals surface area contributed by atoms with Gasteiger partial charge in [0.2, 0.25) is 0 Å². The van der Waals surface area contributed by atoms with Crippen LogP contribution in [0, 0.1) is 0 Å². The first-order valence-corrected chi connectivity index (χ1v) is 7.38. The van der Waals surface area contributed by atoms with Gasteiger partial charge in [-0.25, -0.2) is 5.43 Å². The summed E-state index contributed by atoms with van der Waals surface area (Å²) in [6.45, 7) is 4.30. The molecule has 23 heavy (non-hydrogen) atoms. The first-order chi connectivity index (χ1) is 11.1. The molecule has 0 saturated heterocycles. The molecule has 2 aromatic rings. The third kappa shape index (κ3) is 4.54. The second kappa shape index (κ2) is 7.93. The third-order valence-electron chi connectivity index (χ3n) is 3.13. The number of aryl methyl sites for hydroxylation is 1. The van der Waals surface area contributed by atoms with Gasteiger partial charge in [-0.2, -0.15) is 5.10 Å². The van der Waals surface area contributed by atoms with Crippen molar-refractivity contribution in [2.24, 2.45) is 5.10 Å². The van der Waals surface area contributed by atoms with Gasteiger partial charge in [-0.15, -0.1) is 0 Å². The van der Waals surface area contributed by atoms with E-state index < -0.39 is 0 Å². The van der Waals surface area contributed by atoms with E-state index in [0.717, 1.165) is 12.0 Å². The fourth-order valence-electron chi connectivity index (χ4n) is 1.87. The molecule has 2 N–H and O–H groups in total. The SMILES string of the molecule is CCOc1cc(/C=N/NC(=O)c2ccc(CC)cn2)ccc1O. The molecule has 0 spiro atoms. The average molecular weight is 313 g/mol. The molecule has 6 heteroatoms. The summed E-state index contributed by atoms with van der Waals surface area (Å²) in [6.07, 6.45) is 4.02. The van der Waals surface area contributed by atoms with Crippen molar-refractivity contribution in [3.63, 3.8) is 0 Å². The lowest BCUT2D eigenvalue weighted by molar-refractivity contribution is 0.0950. The zero-order chi connectivity index (χ0) is 16.7. The standard InChI is InChI=1S/C17H19N3O3/c1-3-12-5-7-14(18-10-12)17(22)20-19-11-13-6-8-15(21)16(9-13)23-4-2/h5-11,21H,3-4H2,1-2H3,(H,20,22)/b19-11+. The minimum absolute atomic E-state index is 0.0632. The lowest BCUT2D eigenvalue weighted by atomic mass is 10.2. The van der Waals surface area contributed by atoms with Crippen LogP contribution in [0.2, 0.25) is 0 Å². The zero-order valence-corrected chi connectivity index (χ0v) is 13.1. The molecule has 0 aliphatic heterocycles. The number of nitrogens with zero attached hydrogens (tertiary/aromatic N) is 2. The van der Waals surface area contributed by atoms with Crippen molar-refractivity contribution in [3.05, 3.63) is 53.3 Å². The molecule has 120 valence electrons. The highest BCUT2D eigenvalue weighted by Crippen LogP contribution is 2.26. The minimum Gasteiger partial charge on any atom is -0.504 e. The average Bonchev–Trinajstić information content (AvgIpc) is 2.58. The number of carbonyl (C=O) groups is 1. The number of aromatic nitrogens is 1. The van der Waals surface area contributed by atoms with Gasteiger partial charge in [0.05, 0.1) is 12.8 Å². The molecule has 0 atom stereocenters. The number of carbonyl (C=O) groups excluding carboxylic acids is 1. The number of hydrazone groups is 1. The Hall–Kier alpha value is -2.89. The maximum absolute atomic E-state index is 11.9. The molecular formula is C17H19N3O3. The van der Waals surface area contributed by atoms with E-state index in [1.165, 1.54) is 12.3 Å². The van der Waals surface area contributed by atoms with E-state index in [4.69, 9.17) is 4.74 Å². The number of hydrogen-bond acceptors (Lipinski definition) is 5. The van der Waals surface area contributed by atoms with Gasteiger partial charge in [0, 0.05) is 6.20 Å². The Kier molecular flexibility index (Phi) is 5.68. The van der Waals surface area contributed by atoms with Gasteiger partial charge in [0.25, 0.3) is 5.91 Å². The fraction of sp³-hybridized carbons (Fsp3) is 0.235. The van der Waals surface area contributed by atoms with Gasteiger partial charge in [-0.1, -0.05) is 13.0 Å². The molecule has 0 aliphatic rings. The molecule has 0 bridgehead atoms. The predicted octanol–water partition coefficient (Wildman–Crippen LogP) is 2.51. The van der Waals surface area contributed by atoms with Crippen molar-refractivity contribution >= 4 is 12.1 Å². The summed E-state index contributed by atoms with van der Waals surface area (Å²) >= 11 is 0. The highest BCUT2D eigenvalue weighted by molar-refractivity contribution is 5.93. The first kappa shape index (κ1) is 16.5. The summed E-state index contributed by atoms with van der Waals surface area (Å²) in [5.74, 6) is 0.0561. The van der Waals surface area contributed by atoms with Gasteiger partial charge in [0.1, 0.15) is 5.69 Å². The number of benzene rings is 1. The summed E-state index contributed by atoms with van der Waals surface area (Å²) < 4.78 is 5.29. The van der Waals surface area contributed by atoms with E-state index in [2.05, 4.69) is 15.5 Å². The van der Waals surface area contributed by atoms with Crippen molar-refractivity contribution in [1.82, 2.24) is 10.4 Å². The van der Waals surface area contributed by atoms with Crippen LogP contribution in [-0.2, 0) is 6.42 Å². The number of amides is 1. The first-order valence-electron chi connectivity index (χ1n) is 7.38. The molecule has 1 aromatic carbocycles. The van der Waals surface area contributed by atoms with E-state index >= 15 is 0 Å². The predicted molar refractivity (Wildman–Crippen MR) is 88.0 cm³/mol. The van der Waals surface area contributed by atoms with Crippen LogP contribution < -0.4 is 10.2 Å². The van der Waals surface area contributed by atoms with E-state index in [1.807, 2.05) is 19.9 Å². The maximum atomic E-state index is 11.9. The van der Waals surface area contributed by atoms with Gasteiger partial charge < -0.3 is 9.84 Å². The van der Waals surface area contributed by atoms with Crippen LogP contribution in [0.3, 0.4) is 0 Å². The molecule has 0 saturated carbocycles. The number of ether oxygens (including phenoxy) is 1. The Morgan fingerprint density at radius 3 is 2.83 bits per heavy atom. The van der Waals surface area contributed by atoms with E-state index in [-0.39, 0.29) is 11.7 Å². The molecule has 0 unspecified atom stereocenters. The lowest BCUT2D eigenvalue weighted by Gasteiger charge is -2.06. The molecular weight excluding hydrogens is 294 g/mol. The number of pyridine rings is 1. The Bertz CT molecular complexity index is 697. The van der Waals surface area contributed by atoms with Gasteiger partial charge in [-0.3, -0.25) is 9.78 Å². The molecule has 0 fully saturated rings. The Morgan fingerprint density at radius 2 is 2.17 bits per heavy atom. The summed E-state index contributed by atoms with van der Waals surface area (Å²) in [5.41, 5.74) is 4.48. The Morgan fingerprint density at radius 1 is 1.35 bits per heavy atom. The van der Waals surface area contributed by atoms with Crippen LogP contribution in [0.25, 0.3) is 0 Å². The fourth-order valence-corrected chi connectivity index (χ4v) is 1.87. The monoisotopic (exact) mass is 313 g/mol. The van der Waals surface area contributed by atoms with Gasteiger partial charge in [0.15, 0.2) is 11.5 Å². The zero-order valence-electron chi connectivity index (χ0n) is 13.1. The van der Waals surface area contributed by atoms with Gasteiger partial charge in [-0.05, 0) is 48.7 Å². The van der Waals surface area contributed by atoms with E-state index in [0.29, 0.717) is 23.6 Å². The van der Waals surface area contributed by atoms with Crippen molar-refractivity contribution in [2.45, 2.75) is 20.3 Å². The van der Waals surface area contributed by atoms with Crippen molar-refractivity contribution in [2.75, 3.05) is 6.61 Å².